The molecule has 0 saturated heterocycles. The van der Waals surface area contributed by atoms with Crippen molar-refractivity contribution in [2.45, 2.75) is 18.0 Å². The van der Waals surface area contributed by atoms with Crippen LogP contribution in [0.2, 0.25) is 0 Å². The van der Waals surface area contributed by atoms with E-state index in [4.69, 9.17) is 5.73 Å². The SMILES string of the molecule is Cc1cccc(NS(=O)(=O)c2cc(C(F)(F)F)ccc2O)c1C(N)=O. The lowest BCUT2D eigenvalue weighted by atomic mass is 10.1. The number of benzene rings is 2. The van der Waals surface area contributed by atoms with Crippen LogP contribution < -0.4 is 10.5 Å². The summed E-state index contributed by atoms with van der Waals surface area (Å²) in [7, 11) is -4.61. The van der Waals surface area contributed by atoms with E-state index >= 15 is 0 Å². The fraction of sp³-hybridized carbons (Fsp3) is 0.133. The molecule has 6 nitrogen and oxygen atoms in total. The zero-order valence-corrected chi connectivity index (χ0v) is 13.6. The highest BCUT2D eigenvalue weighted by Crippen LogP contribution is 2.35. The molecule has 2 aromatic rings. The zero-order chi connectivity index (χ0) is 19.0. The van der Waals surface area contributed by atoms with Crippen molar-refractivity contribution in [1.29, 1.82) is 0 Å². The number of phenolic OH excluding ortho intramolecular Hbond substituents is 1. The van der Waals surface area contributed by atoms with Crippen LogP contribution in [0.3, 0.4) is 0 Å². The molecular formula is C15H13F3N2O4S. The van der Waals surface area contributed by atoms with Gasteiger partial charge < -0.3 is 10.8 Å². The van der Waals surface area contributed by atoms with Gasteiger partial charge in [-0.25, -0.2) is 8.42 Å². The van der Waals surface area contributed by atoms with E-state index in [1.54, 1.807) is 0 Å². The highest BCUT2D eigenvalue weighted by Gasteiger charge is 2.33. The van der Waals surface area contributed by atoms with E-state index < -0.39 is 38.3 Å². The average molecular weight is 374 g/mol. The van der Waals surface area contributed by atoms with E-state index in [2.05, 4.69) is 0 Å². The molecule has 0 aliphatic heterocycles. The van der Waals surface area contributed by atoms with Gasteiger partial charge >= 0.3 is 6.18 Å². The molecule has 0 unspecified atom stereocenters. The Bertz CT molecular complexity index is 940. The molecule has 4 N–H and O–H groups in total. The third-order valence-electron chi connectivity index (χ3n) is 3.34. The van der Waals surface area contributed by atoms with Gasteiger partial charge in [0, 0.05) is 0 Å². The van der Waals surface area contributed by atoms with Gasteiger partial charge in [0.15, 0.2) is 0 Å². The van der Waals surface area contributed by atoms with Crippen molar-refractivity contribution in [2.24, 2.45) is 5.73 Å². The first-order valence-electron chi connectivity index (χ1n) is 6.76. The summed E-state index contributed by atoms with van der Waals surface area (Å²) >= 11 is 0. The van der Waals surface area contributed by atoms with E-state index in [0.717, 1.165) is 0 Å². The Balaban J connectivity index is 2.55. The number of phenols is 1. The predicted molar refractivity (Wildman–Crippen MR) is 83.6 cm³/mol. The Labute approximate surface area is 141 Å². The summed E-state index contributed by atoms with van der Waals surface area (Å²) in [5.74, 6) is -1.78. The Morgan fingerprint density at radius 1 is 1.20 bits per heavy atom. The molecule has 2 rings (SSSR count). The van der Waals surface area contributed by atoms with E-state index in [0.29, 0.717) is 23.8 Å². The number of anilines is 1. The van der Waals surface area contributed by atoms with Crippen LogP contribution in [-0.2, 0) is 16.2 Å². The summed E-state index contributed by atoms with van der Waals surface area (Å²) in [6.07, 6.45) is -4.79. The molecule has 0 aromatic heterocycles. The first-order valence-corrected chi connectivity index (χ1v) is 8.24. The van der Waals surface area contributed by atoms with Crippen molar-refractivity contribution in [3.63, 3.8) is 0 Å². The van der Waals surface area contributed by atoms with Gasteiger partial charge in [-0.15, -0.1) is 0 Å². The fourth-order valence-corrected chi connectivity index (χ4v) is 3.38. The van der Waals surface area contributed by atoms with Gasteiger partial charge in [0.05, 0.1) is 16.8 Å². The van der Waals surface area contributed by atoms with Crippen LogP contribution in [-0.4, -0.2) is 19.4 Å². The van der Waals surface area contributed by atoms with Gasteiger partial charge in [-0.05, 0) is 36.8 Å². The van der Waals surface area contributed by atoms with E-state index in [1.165, 1.54) is 25.1 Å². The number of primary amides is 1. The lowest BCUT2D eigenvalue weighted by Crippen LogP contribution is -2.20. The molecule has 10 heteroatoms. The smallest absolute Gasteiger partial charge is 0.416 e. The first-order chi connectivity index (χ1) is 11.4. The number of carbonyl (C=O) groups excluding carboxylic acids is 1. The van der Waals surface area contributed by atoms with Crippen LogP contribution in [0.25, 0.3) is 0 Å². The molecule has 0 saturated carbocycles. The van der Waals surface area contributed by atoms with Gasteiger partial charge in [0.1, 0.15) is 10.6 Å². The quantitative estimate of drug-likeness (QED) is 0.764. The minimum absolute atomic E-state index is 0.127. The minimum Gasteiger partial charge on any atom is -0.507 e. The van der Waals surface area contributed by atoms with Crippen LogP contribution in [0.5, 0.6) is 5.75 Å². The Hall–Kier alpha value is -2.75. The molecule has 0 heterocycles. The van der Waals surface area contributed by atoms with Crippen LogP contribution in [0.1, 0.15) is 21.5 Å². The van der Waals surface area contributed by atoms with Gasteiger partial charge in [0.25, 0.3) is 15.9 Å². The van der Waals surface area contributed by atoms with Crippen LogP contribution in [0.15, 0.2) is 41.3 Å². The maximum absolute atomic E-state index is 12.8. The molecule has 1 amide bonds. The topological polar surface area (TPSA) is 109 Å². The maximum Gasteiger partial charge on any atom is 0.416 e. The molecule has 25 heavy (non-hydrogen) atoms. The number of hydrogen-bond acceptors (Lipinski definition) is 4. The average Bonchev–Trinajstić information content (AvgIpc) is 2.45. The number of rotatable bonds is 4. The molecule has 0 fully saturated rings. The maximum atomic E-state index is 12.8. The highest BCUT2D eigenvalue weighted by atomic mass is 32.2. The van der Waals surface area contributed by atoms with E-state index in [9.17, 15) is 31.5 Å². The lowest BCUT2D eigenvalue weighted by molar-refractivity contribution is -0.137. The number of nitrogens with two attached hydrogens (primary N) is 1. The largest absolute Gasteiger partial charge is 0.507 e. The third kappa shape index (κ3) is 3.85. The number of aromatic hydroxyl groups is 1. The van der Waals surface area contributed by atoms with E-state index in [-0.39, 0.29) is 11.3 Å². The number of aryl methyl sites for hydroxylation is 1. The Kier molecular flexibility index (Phi) is 4.67. The molecule has 0 spiro atoms. The second-order valence-corrected chi connectivity index (χ2v) is 6.80. The molecular weight excluding hydrogens is 361 g/mol. The van der Waals surface area contributed by atoms with E-state index in [1.807, 2.05) is 4.72 Å². The predicted octanol–water partition coefficient (Wildman–Crippen LogP) is 2.62. The van der Waals surface area contributed by atoms with Crippen LogP contribution in [0.4, 0.5) is 18.9 Å². The number of carbonyl (C=O) groups is 1. The summed E-state index contributed by atoms with van der Waals surface area (Å²) in [5.41, 5.74) is 4.01. The number of amides is 1. The van der Waals surface area contributed by atoms with Crippen molar-refractivity contribution >= 4 is 21.6 Å². The molecule has 134 valence electrons. The summed E-state index contributed by atoms with van der Waals surface area (Å²) in [4.78, 5) is 10.5. The number of sulfonamides is 1. The summed E-state index contributed by atoms with van der Waals surface area (Å²) < 4.78 is 65.1. The number of hydrogen-bond donors (Lipinski definition) is 3. The van der Waals surface area contributed by atoms with Crippen LogP contribution >= 0.6 is 0 Å². The standard InChI is InChI=1S/C15H13F3N2O4S/c1-8-3-2-4-10(13(8)14(19)22)20-25(23,24)12-7-9(15(16,17)18)5-6-11(12)21/h2-7,20-21H,1H3,(H2,19,22). The molecule has 0 aliphatic carbocycles. The van der Waals surface area contributed by atoms with Gasteiger partial charge in [-0.1, -0.05) is 12.1 Å². The second-order valence-electron chi connectivity index (χ2n) is 5.15. The number of halogens is 3. The Morgan fingerprint density at radius 3 is 2.40 bits per heavy atom. The zero-order valence-electron chi connectivity index (χ0n) is 12.8. The fourth-order valence-electron chi connectivity index (χ4n) is 2.19. The third-order valence-corrected chi connectivity index (χ3v) is 4.73. The highest BCUT2D eigenvalue weighted by molar-refractivity contribution is 7.92. The van der Waals surface area contributed by atoms with Gasteiger partial charge in [0.2, 0.25) is 0 Å². The summed E-state index contributed by atoms with van der Waals surface area (Å²) in [5, 5.41) is 9.67. The van der Waals surface area contributed by atoms with Crippen molar-refractivity contribution in [3.05, 3.63) is 53.1 Å². The number of nitrogens with one attached hydrogen (secondary N) is 1. The first kappa shape index (κ1) is 18.6. The van der Waals surface area contributed by atoms with Crippen molar-refractivity contribution < 1.29 is 31.5 Å². The second kappa shape index (κ2) is 6.28. The molecule has 0 atom stereocenters. The molecule has 2 aromatic carbocycles. The minimum atomic E-state index is -4.79. The van der Waals surface area contributed by atoms with Gasteiger partial charge in [-0.3, -0.25) is 9.52 Å². The van der Waals surface area contributed by atoms with Crippen molar-refractivity contribution in [3.8, 4) is 5.75 Å². The number of alkyl halides is 3. The van der Waals surface area contributed by atoms with Crippen molar-refractivity contribution in [2.75, 3.05) is 4.72 Å². The summed E-state index contributed by atoms with van der Waals surface area (Å²) in [6, 6.07) is 5.66. The normalized spacial score (nSPS) is 12.0. The molecule has 0 aliphatic rings. The summed E-state index contributed by atoms with van der Waals surface area (Å²) in [6.45, 7) is 1.51. The van der Waals surface area contributed by atoms with Crippen LogP contribution in [0, 0.1) is 6.92 Å². The Morgan fingerprint density at radius 2 is 1.84 bits per heavy atom. The molecule has 0 bridgehead atoms. The monoisotopic (exact) mass is 374 g/mol. The van der Waals surface area contributed by atoms with Crippen molar-refractivity contribution in [1.82, 2.24) is 0 Å². The lowest BCUT2D eigenvalue weighted by Gasteiger charge is -2.15. The van der Waals surface area contributed by atoms with Gasteiger partial charge in [-0.2, -0.15) is 13.2 Å². The molecule has 0 radical (unpaired) electrons.